The highest BCUT2D eigenvalue weighted by atomic mass is 35.5. The number of ether oxygens (including phenoxy) is 2. The van der Waals surface area contributed by atoms with E-state index in [1.54, 1.807) is 0 Å². The Morgan fingerprint density at radius 2 is 1.65 bits per heavy atom. The molecule has 0 bridgehead atoms. The van der Waals surface area contributed by atoms with Gasteiger partial charge in [-0.25, -0.2) is 9.07 Å². The second kappa shape index (κ2) is 6.79. The summed E-state index contributed by atoms with van der Waals surface area (Å²) in [5, 5.41) is 2.75. The lowest BCUT2D eigenvalue weighted by molar-refractivity contribution is -0.0553. The van der Waals surface area contributed by atoms with Gasteiger partial charge in [-0.1, -0.05) is 23.2 Å². The lowest BCUT2D eigenvalue weighted by atomic mass is 10.1. The van der Waals surface area contributed by atoms with Crippen molar-refractivity contribution in [1.29, 1.82) is 0 Å². The van der Waals surface area contributed by atoms with Crippen LogP contribution in [0, 0.1) is 5.82 Å². The predicted octanol–water partition coefficient (Wildman–Crippen LogP) is 4.74. The number of alkyl halides is 4. The van der Waals surface area contributed by atoms with Crippen LogP contribution in [0.5, 0.6) is 11.6 Å². The third-order valence-electron chi connectivity index (χ3n) is 2.65. The number of hydrogen-bond donors (Lipinski definition) is 0. The molecule has 1 heterocycles. The molecule has 2 rings (SSSR count). The van der Waals surface area contributed by atoms with Crippen molar-refractivity contribution in [3.63, 3.8) is 0 Å². The first-order valence-electron chi connectivity index (χ1n) is 5.82. The highest BCUT2D eigenvalue weighted by molar-refractivity contribution is 6.37. The maximum atomic E-state index is 14.0. The van der Waals surface area contributed by atoms with E-state index in [0.717, 1.165) is 16.8 Å². The largest absolute Gasteiger partial charge is 0.433 e. The number of hydrogen-bond acceptors (Lipinski definition) is 3. The normalized spacial score (nSPS) is 11.4. The number of aromatic nitrogens is 2. The molecule has 0 fully saturated rings. The summed E-state index contributed by atoms with van der Waals surface area (Å²) in [5.74, 6) is -2.01. The van der Waals surface area contributed by atoms with Gasteiger partial charge in [0.05, 0.1) is 10.6 Å². The first-order chi connectivity index (χ1) is 10.7. The van der Waals surface area contributed by atoms with E-state index in [1.165, 1.54) is 7.05 Å². The van der Waals surface area contributed by atoms with Crippen molar-refractivity contribution < 1.29 is 31.4 Å². The van der Waals surface area contributed by atoms with E-state index in [-0.39, 0.29) is 5.69 Å². The van der Waals surface area contributed by atoms with Crippen molar-refractivity contribution in [3.8, 4) is 22.9 Å². The standard InChI is InChI=1S/C12H7Cl2F5N2O2/c1-21-10(23-12(18)19)8(14)9(20-21)6-4(15)2-3-5(7(6)13)22-11(16)17/h2-3,11-12H,1H3. The minimum absolute atomic E-state index is 0.355. The van der Waals surface area contributed by atoms with Gasteiger partial charge in [0.25, 0.3) is 0 Å². The monoisotopic (exact) mass is 376 g/mol. The van der Waals surface area contributed by atoms with Crippen LogP contribution in [0.4, 0.5) is 22.0 Å². The van der Waals surface area contributed by atoms with Crippen LogP contribution in [-0.2, 0) is 7.05 Å². The molecule has 1 aromatic heterocycles. The molecule has 0 radical (unpaired) electrons. The molecular weight excluding hydrogens is 370 g/mol. The number of nitrogens with zero attached hydrogens (tertiary/aromatic N) is 2. The molecule has 0 N–H and O–H groups in total. The fraction of sp³-hybridized carbons (Fsp3) is 0.250. The molecule has 126 valence electrons. The average Bonchev–Trinajstić information content (AvgIpc) is 2.70. The van der Waals surface area contributed by atoms with Gasteiger partial charge in [0.1, 0.15) is 22.3 Å². The molecular formula is C12H7Cl2F5N2O2. The van der Waals surface area contributed by atoms with Crippen molar-refractivity contribution in [2.24, 2.45) is 7.05 Å². The van der Waals surface area contributed by atoms with Crippen molar-refractivity contribution in [3.05, 3.63) is 28.0 Å². The van der Waals surface area contributed by atoms with Crippen LogP contribution in [0.2, 0.25) is 10.0 Å². The number of benzene rings is 1. The molecule has 1 aromatic carbocycles. The second-order valence-electron chi connectivity index (χ2n) is 4.08. The topological polar surface area (TPSA) is 36.3 Å². The van der Waals surface area contributed by atoms with E-state index in [1.807, 2.05) is 0 Å². The molecule has 4 nitrogen and oxygen atoms in total. The summed E-state index contributed by atoms with van der Waals surface area (Å²) in [6.07, 6.45) is 0. The summed E-state index contributed by atoms with van der Waals surface area (Å²) in [5.41, 5.74) is -0.832. The van der Waals surface area contributed by atoms with Crippen LogP contribution in [0.3, 0.4) is 0 Å². The molecule has 0 aliphatic carbocycles. The van der Waals surface area contributed by atoms with E-state index in [4.69, 9.17) is 23.2 Å². The number of rotatable bonds is 5. The van der Waals surface area contributed by atoms with Gasteiger partial charge in [-0.15, -0.1) is 0 Å². The minimum Gasteiger partial charge on any atom is -0.433 e. The van der Waals surface area contributed by atoms with E-state index in [9.17, 15) is 22.0 Å². The predicted molar refractivity (Wildman–Crippen MR) is 71.9 cm³/mol. The molecule has 0 spiro atoms. The maximum Gasteiger partial charge on any atom is 0.388 e. The van der Waals surface area contributed by atoms with E-state index in [2.05, 4.69) is 14.6 Å². The Labute approximate surface area is 136 Å². The van der Waals surface area contributed by atoms with Gasteiger partial charge in [-0.3, -0.25) is 0 Å². The van der Waals surface area contributed by atoms with Gasteiger partial charge in [-0.2, -0.15) is 22.7 Å². The molecule has 0 saturated carbocycles. The summed E-state index contributed by atoms with van der Waals surface area (Å²) in [7, 11) is 1.22. The lowest BCUT2D eigenvalue weighted by Gasteiger charge is -2.10. The zero-order chi connectivity index (χ0) is 17.3. The second-order valence-corrected chi connectivity index (χ2v) is 4.84. The first kappa shape index (κ1) is 17.6. The van der Waals surface area contributed by atoms with Crippen LogP contribution in [0.1, 0.15) is 0 Å². The summed E-state index contributed by atoms with van der Waals surface area (Å²) in [6, 6.07) is 1.69. The van der Waals surface area contributed by atoms with Gasteiger partial charge in [0, 0.05) is 7.05 Å². The van der Waals surface area contributed by atoms with Crippen LogP contribution in [0.25, 0.3) is 11.3 Å². The zero-order valence-corrected chi connectivity index (χ0v) is 12.7. The Balaban J connectivity index is 2.58. The molecule has 2 aromatic rings. The van der Waals surface area contributed by atoms with Crippen LogP contribution < -0.4 is 9.47 Å². The highest BCUT2D eigenvalue weighted by Crippen LogP contribution is 2.43. The van der Waals surface area contributed by atoms with Crippen LogP contribution in [0.15, 0.2) is 12.1 Å². The van der Waals surface area contributed by atoms with Gasteiger partial charge in [0.2, 0.25) is 5.88 Å². The zero-order valence-electron chi connectivity index (χ0n) is 11.2. The molecule has 11 heteroatoms. The van der Waals surface area contributed by atoms with Crippen molar-refractivity contribution in [2.45, 2.75) is 13.2 Å². The van der Waals surface area contributed by atoms with Crippen molar-refractivity contribution >= 4 is 23.2 Å². The quantitative estimate of drug-likeness (QED) is 0.707. The summed E-state index contributed by atoms with van der Waals surface area (Å²) >= 11 is 11.7. The molecule has 0 unspecified atom stereocenters. The Kier molecular flexibility index (Phi) is 5.20. The molecule has 0 atom stereocenters. The summed E-state index contributed by atoms with van der Waals surface area (Å²) < 4.78 is 72.4. The lowest BCUT2D eigenvalue weighted by Crippen LogP contribution is -2.06. The smallest absolute Gasteiger partial charge is 0.388 e. The van der Waals surface area contributed by atoms with E-state index in [0.29, 0.717) is 0 Å². The van der Waals surface area contributed by atoms with Crippen molar-refractivity contribution in [1.82, 2.24) is 9.78 Å². The maximum absolute atomic E-state index is 14.0. The summed E-state index contributed by atoms with van der Waals surface area (Å²) in [4.78, 5) is 0. The van der Waals surface area contributed by atoms with E-state index >= 15 is 0 Å². The van der Waals surface area contributed by atoms with E-state index < -0.39 is 46.3 Å². The van der Waals surface area contributed by atoms with Gasteiger partial charge >= 0.3 is 13.2 Å². The first-order valence-corrected chi connectivity index (χ1v) is 6.58. The average molecular weight is 377 g/mol. The number of halogens is 7. The molecule has 0 saturated heterocycles. The van der Waals surface area contributed by atoms with Crippen LogP contribution in [-0.4, -0.2) is 23.0 Å². The fourth-order valence-corrected chi connectivity index (χ4v) is 2.38. The van der Waals surface area contributed by atoms with Crippen molar-refractivity contribution in [2.75, 3.05) is 0 Å². The Morgan fingerprint density at radius 3 is 2.22 bits per heavy atom. The third kappa shape index (κ3) is 3.61. The molecule has 0 aliphatic rings. The SMILES string of the molecule is Cn1nc(-c2c(F)ccc(OC(F)F)c2Cl)c(Cl)c1OC(F)F. The molecule has 23 heavy (non-hydrogen) atoms. The van der Waals surface area contributed by atoms with Gasteiger partial charge in [-0.05, 0) is 12.1 Å². The Bertz CT molecular complexity index is 724. The fourth-order valence-electron chi connectivity index (χ4n) is 1.79. The Hall–Kier alpha value is -1.74. The van der Waals surface area contributed by atoms with Gasteiger partial charge < -0.3 is 9.47 Å². The highest BCUT2D eigenvalue weighted by Gasteiger charge is 2.26. The van der Waals surface area contributed by atoms with Crippen LogP contribution >= 0.6 is 23.2 Å². The summed E-state index contributed by atoms with van der Waals surface area (Å²) in [6.45, 7) is -6.38. The Morgan fingerprint density at radius 1 is 1.04 bits per heavy atom. The molecule has 0 aliphatic heterocycles. The van der Waals surface area contributed by atoms with Gasteiger partial charge in [0.15, 0.2) is 0 Å². The third-order valence-corrected chi connectivity index (χ3v) is 3.36. The number of aryl methyl sites for hydroxylation is 1. The minimum atomic E-state index is -3.19. The molecule has 0 amide bonds.